The topological polar surface area (TPSA) is 105 Å². The third kappa shape index (κ3) is 10.5. The Labute approximate surface area is 239 Å². The summed E-state index contributed by atoms with van der Waals surface area (Å²) in [5, 5.41) is 8.62. The van der Waals surface area contributed by atoms with Crippen molar-refractivity contribution >= 4 is 15.7 Å². The Morgan fingerprint density at radius 1 is 0.951 bits per heavy atom. The number of carbonyl (C=O) groups is 1. The van der Waals surface area contributed by atoms with E-state index in [-0.39, 0.29) is 17.1 Å². The second-order valence-electron chi connectivity index (χ2n) is 9.54. The van der Waals surface area contributed by atoms with Gasteiger partial charge in [0.1, 0.15) is 17.4 Å². The van der Waals surface area contributed by atoms with E-state index in [2.05, 4.69) is 0 Å². The molecule has 0 atom stereocenters. The smallest absolute Gasteiger partial charge is 0.243 e. The normalized spacial score (nSPS) is 11.5. The molecule has 3 aromatic carbocycles. The SMILES string of the molecule is COCCN(CCCC(=O)NO)CCCS(=O)(=O)c1ccc(OCCc2cccc(-c3ccc(F)cc3F)c2)cc1. The molecule has 0 bridgehead atoms. The standard InChI is InChI=1S/C30H36F2N2O6S/c1-39-19-17-34(15-3-7-30(35)33-36)16-4-20-41(37,38)27-11-9-26(10-12-27)40-18-14-23-5-2-6-24(21-23)28-13-8-25(31)22-29(28)32/h2,5-6,8-13,21-22,36H,3-4,7,14-20H2,1H3,(H,33,35). The number of hydroxylamine groups is 1. The Kier molecular flexibility index (Phi) is 12.7. The molecule has 0 saturated heterocycles. The van der Waals surface area contributed by atoms with Crippen LogP contribution < -0.4 is 10.2 Å². The van der Waals surface area contributed by atoms with Crippen LogP contribution in [0.25, 0.3) is 11.1 Å². The zero-order chi connectivity index (χ0) is 29.7. The van der Waals surface area contributed by atoms with Gasteiger partial charge in [-0.15, -0.1) is 0 Å². The maximum atomic E-state index is 14.2. The number of halogens is 2. The van der Waals surface area contributed by atoms with E-state index in [1.807, 2.05) is 17.0 Å². The molecule has 3 aromatic rings. The van der Waals surface area contributed by atoms with Gasteiger partial charge in [-0.3, -0.25) is 10.0 Å². The van der Waals surface area contributed by atoms with Crippen LogP contribution in [-0.2, 0) is 25.8 Å². The second-order valence-corrected chi connectivity index (χ2v) is 11.6. The van der Waals surface area contributed by atoms with Crippen LogP contribution >= 0.6 is 0 Å². The molecule has 0 unspecified atom stereocenters. The summed E-state index contributed by atoms with van der Waals surface area (Å²) in [5.74, 6) is -1.21. The number of ether oxygens (including phenoxy) is 2. The largest absolute Gasteiger partial charge is 0.493 e. The molecule has 0 aliphatic heterocycles. The number of benzene rings is 3. The average Bonchev–Trinajstić information content (AvgIpc) is 2.96. The molecule has 222 valence electrons. The van der Waals surface area contributed by atoms with Crippen LogP contribution in [0.4, 0.5) is 8.78 Å². The maximum Gasteiger partial charge on any atom is 0.243 e. The van der Waals surface area contributed by atoms with Crippen molar-refractivity contribution in [2.24, 2.45) is 0 Å². The molecule has 0 aliphatic carbocycles. The van der Waals surface area contributed by atoms with Gasteiger partial charge in [0, 0.05) is 38.1 Å². The van der Waals surface area contributed by atoms with E-state index in [9.17, 15) is 22.0 Å². The van der Waals surface area contributed by atoms with E-state index in [0.29, 0.717) is 69.0 Å². The first-order chi connectivity index (χ1) is 19.7. The highest BCUT2D eigenvalue weighted by Gasteiger charge is 2.16. The van der Waals surface area contributed by atoms with Gasteiger partial charge in [0.15, 0.2) is 9.84 Å². The Bertz CT molecular complexity index is 1370. The van der Waals surface area contributed by atoms with Crippen molar-refractivity contribution in [3.05, 3.63) is 83.9 Å². The molecule has 0 saturated carbocycles. The third-order valence-corrected chi connectivity index (χ3v) is 8.33. The molecule has 0 spiro atoms. The van der Waals surface area contributed by atoms with Crippen molar-refractivity contribution in [3.63, 3.8) is 0 Å². The summed E-state index contributed by atoms with van der Waals surface area (Å²) in [5.41, 5.74) is 3.49. The Morgan fingerprint density at radius 2 is 1.71 bits per heavy atom. The molecule has 2 N–H and O–H groups in total. The van der Waals surface area contributed by atoms with Gasteiger partial charge in [-0.05, 0) is 73.5 Å². The van der Waals surface area contributed by atoms with Gasteiger partial charge in [-0.25, -0.2) is 22.7 Å². The summed E-state index contributed by atoms with van der Waals surface area (Å²) in [6.45, 7) is 2.53. The summed E-state index contributed by atoms with van der Waals surface area (Å²) < 4.78 is 64.0. The predicted molar refractivity (Wildman–Crippen MR) is 152 cm³/mol. The molecule has 0 radical (unpaired) electrons. The van der Waals surface area contributed by atoms with Crippen LogP contribution in [0.15, 0.2) is 71.6 Å². The summed E-state index contributed by atoms with van der Waals surface area (Å²) in [6, 6.07) is 17.1. The number of hydrogen-bond donors (Lipinski definition) is 2. The van der Waals surface area contributed by atoms with Gasteiger partial charge in [0.25, 0.3) is 0 Å². The molecule has 41 heavy (non-hydrogen) atoms. The monoisotopic (exact) mass is 590 g/mol. The first-order valence-electron chi connectivity index (χ1n) is 13.4. The van der Waals surface area contributed by atoms with Gasteiger partial charge >= 0.3 is 0 Å². The quantitative estimate of drug-likeness (QED) is 0.174. The van der Waals surface area contributed by atoms with Crippen LogP contribution in [-0.4, -0.2) is 70.1 Å². The number of hydrogen-bond acceptors (Lipinski definition) is 7. The fraction of sp³-hybridized carbons (Fsp3) is 0.367. The highest BCUT2D eigenvalue weighted by atomic mass is 32.2. The van der Waals surface area contributed by atoms with Crippen molar-refractivity contribution in [2.75, 3.05) is 45.7 Å². The zero-order valence-electron chi connectivity index (χ0n) is 23.0. The summed E-state index contributed by atoms with van der Waals surface area (Å²) in [4.78, 5) is 13.5. The molecule has 0 fully saturated rings. The lowest BCUT2D eigenvalue weighted by atomic mass is 10.0. The highest BCUT2D eigenvalue weighted by Crippen LogP contribution is 2.25. The molecule has 0 heterocycles. The fourth-order valence-electron chi connectivity index (χ4n) is 4.32. The molecule has 1 amide bonds. The second kappa shape index (κ2) is 16.2. The Balaban J connectivity index is 1.48. The first kappa shape index (κ1) is 32.1. The number of nitrogens with one attached hydrogen (secondary N) is 1. The van der Waals surface area contributed by atoms with Gasteiger partial charge < -0.3 is 14.4 Å². The molecular weight excluding hydrogens is 554 g/mol. The Hall–Kier alpha value is -3.38. The van der Waals surface area contributed by atoms with E-state index in [4.69, 9.17) is 14.7 Å². The van der Waals surface area contributed by atoms with Crippen molar-refractivity contribution in [3.8, 4) is 16.9 Å². The molecule has 0 aliphatic rings. The highest BCUT2D eigenvalue weighted by molar-refractivity contribution is 7.91. The van der Waals surface area contributed by atoms with Crippen molar-refractivity contribution in [2.45, 2.75) is 30.6 Å². The van der Waals surface area contributed by atoms with Gasteiger partial charge in [-0.2, -0.15) is 0 Å². The van der Waals surface area contributed by atoms with E-state index >= 15 is 0 Å². The van der Waals surface area contributed by atoms with Crippen LogP contribution in [0, 0.1) is 11.6 Å². The minimum atomic E-state index is -3.50. The van der Waals surface area contributed by atoms with Crippen LogP contribution in [0.1, 0.15) is 24.8 Å². The third-order valence-electron chi connectivity index (χ3n) is 6.51. The molecule has 11 heteroatoms. The number of carbonyl (C=O) groups excluding carboxylic acids is 1. The number of nitrogens with zero attached hydrogens (tertiary/aromatic N) is 1. The van der Waals surface area contributed by atoms with E-state index in [1.54, 1.807) is 36.9 Å². The lowest BCUT2D eigenvalue weighted by molar-refractivity contribution is -0.129. The van der Waals surface area contributed by atoms with E-state index in [1.165, 1.54) is 24.3 Å². The average molecular weight is 591 g/mol. The summed E-state index contributed by atoms with van der Waals surface area (Å²) >= 11 is 0. The van der Waals surface area contributed by atoms with Crippen molar-refractivity contribution in [1.29, 1.82) is 0 Å². The minimum absolute atomic E-state index is 0.0290. The molecule has 3 rings (SSSR count). The summed E-state index contributed by atoms with van der Waals surface area (Å²) in [6.07, 6.45) is 1.66. The van der Waals surface area contributed by atoms with Crippen LogP contribution in [0.5, 0.6) is 5.75 Å². The maximum absolute atomic E-state index is 14.2. The molecule has 0 aromatic heterocycles. The Morgan fingerprint density at radius 3 is 2.41 bits per heavy atom. The van der Waals surface area contributed by atoms with Gasteiger partial charge in [0.2, 0.25) is 5.91 Å². The van der Waals surface area contributed by atoms with Crippen molar-refractivity contribution < 1.29 is 36.7 Å². The number of amides is 1. The minimum Gasteiger partial charge on any atom is -0.493 e. The lowest BCUT2D eigenvalue weighted by Crippen LogP contribution is -2.31. The number of methoxy groups -OCH3 is 1. The van der Waals surface area contributed by atoms with Crippen molar-refractivity contribution in [1.82, 2.24) is 10.4 Å². The number of rotatable bonds is 17. The lowest BCUT2D eigenvalue weighted by Gasteiger charge is -2.21. The van der Waals surface area contributed by atoms with Gasteiger partial charge in [0.05, 0.1) is 23.9 Å². The zero-order valence-corrected chi connectivity index (χ0v) is 23.8. The van der Waals surface area contributed by atoms with Crippen LogP contribution in [0.2, 0.25) is 0 Å². The predicted octanol–water partition coefficient (Wildman–Crippen LogP) is 4.65. The van der Waals surface area contributed by atoms with E-state index in [0.717, 1.165) is 11.6 Å². The summed E-state index contributed by atoms with van der Waals surface area (Å²) in [7, 11) is -1.91. The molecular formula is C30H36F2N2O6S. The first-order valence-corrected chi connectivity index (χ1v) is 15.0. The van der Waals surface area contributed by atoms with E-state index < -0.39 is 27.4 Å². The number of sulfone groups is 1. The van der Waals surface area contributed by atoms with Gasteiger partial charge in [-0.1, -0.05) is 24.3 Å². The fourth-order valence-corrected chi connectivity index (χ4v) is 5.61. The van der Waals surface area contributed by atoms with Crippen LogP contribution in [0.3, 0.4) is 0 Å². The molecule has 8 nitrogen and oxygen atoms in total.